The van der Waals surface area contributed by atoms with E-state index in [1.807, 2.05) is 6.92 Å². The van der Waals surface area contributed by atoms with Gasteiger partial charge in [-0.1, -0.05) is 57.9 Å². The van der Waals surface area contributed by atoms with Crippen molar-refractivity contribution < 1.29 is 0 Å². The number of aryl methyl sites for hydroxylation is 3. The largest absolute Gasteiger partial charge is 0.245 e. The van der Waals surface area contributed by atoms with E-state index >= 15 is 0 Å². The molecule has 4 nitrogen and oxygen atoms in total. The van der Waals surface area contributed by atoms with E-state index in [-0.39, 0.29) is 0 Å². The second-order valence-electron chi connectivity index (χ2n) is 6.39. The van der Waals surface area contributed by atoms with Crippen LogP contribution in [0.1, 0.15) is 69.5 Å². The highest BCUT2D eigenvalue weighted by atomic mass is 15.4. The fourth-order valence-corrected chi connectivity index (χ4v) is 2.66. The zero-order valence-electron chi connectivity index (χ0n) is 16.0. The zero-order chi connectivity index (χ0) is 18.1. The van der Waals surface area contributed by atoms with Crippen molar-refractivity contribution in [2.24, 2.45) is 5.10 Å². The first-order valence-corrected chi connectivity index (χ1v) is 9.42. The molecule has 2 aromatic rings. The highest BCUT2D eigenvalue weighted by molar-refractivity contribution is 5.99. The molecule has 0 aliphatic heterocycles. The summed E-state index contributed by atoms with van der Waals surface area (Å²) in [4.78, 5) is 9.07. The zero-order valence-corrected chi connectivity index (χ0v) is 16.0. The minimum absolute atomic E-state index is 0.585. The fraction of sp³-hybridized carbons (Fsp3) is 0.476. The number of nitrogens with zero attached hydrogens (tertiary/aromatic N) is 3. The van der Waals surface area contributed by atoms with Crippen LogP contribution < -0.4 is 5.43 Å². The van der Waals surface area contributed by atoms with Crippen molar-refractivity contribution in [3.63, 3.8) is 0 Å². The van der Waals surface area contributed by atoms with Crippen LogP contribution in [0.5, 0.6) is 0 Å². The van der Waals surface area contributed by atoms with Crippen LogP contribution in [0.15, 0.2) is 35.4 Å². The highest BCUT2D eigenvalue weighted by Gasteiger charge is 2.04. The lowest BCUT2D eigenvalue weighted by atomic mass is 10.0. The predicted octanol–water partition coefficient (Wildman–Crippen LogP) is 5.17. The topological polar surface area (TPSA) is 50.2 Å². The number of hydrogen-bond donors (Lipinski definition) is 1. The van der Waals surface area contributed by atoms with Crippen LogP contribution in [0.2, 0.25) is 0 Å². The average molecular weight is 338 g/mol. The van der Waals surface area contributed by atoms with Crippen molar-refractivity contribution >= 4 is 11.7 Å². The van der Waals surface area contributed by atoms with Crippen LogP contribution >= 0.6 is 0 Å². The van der Waals surface area contributed by atoms with Crippen molar-refractivity contribution in [2.45, 2.75) is 66.2 Å². The molecular weight excluding hydrogens is 308 g/mol. The van der Waals surface area contributed by atoms with Gasteiger partial charge in [0.2, 0.25) is 5.95 Å². The molecular formula is C21H30N4. The van der Waals surface area contributed by atoms with Gasteiger partial charge in [-0.25, -0.2) is 15.4 Å². The Bertz CT molecular complexity index is 690. The van der Waals surface area contributed by atoms with E-state index in [2.05, 4.69) is 71.6 Å². The first-order chi connectivity index (χ1) is 12.2. The Balaban J connectivity index is 2.08. The number of hydrazone groups is 1. The Labute approximate surface area is 151 Å². The van der Waals surface area contributed by atoms with Crippen LogP contribution in [-0.2, 0) is 19.3 Å². The second-order valence-corrected chi connectivity index (χ2v) is 6.39. The number of unbranched alkanes of at least 4 members (excludes halogenated alkanes) is 1. The van der Waals surface area contributed by atoms with Crippen molar-refractivity contribution in [1.82, 2.24) is 9.97 Å². The molecule has 1 aromatic carbocycles. The van der Waals surface area contributed by atoms with Crippen LogP contribution in [0.3, 0.4) is 0 Å². The molecule has 0 fully saturated rings. The predicted molar refractivity (Wildman–Crippen MR) is 106 cm³/mol. The first kappa shape index (κ1) is 19.1. The summed E-state index contributed by atoms with van der Waals surface area (Å²) in [6.45, 7) is 8.49. The van der Waals surface area contributed by atoms with Crippen LogP contribution in [0, 0.1) is 0 Å². The number of anilines is 1. The molecule has 0 radical (unpaired) electrons. The molecule has 0 saturated heterocycles. The molecule has 0 atom stereocenters. The molecule has 0 aliphatic carbocycles. The Hall–Kier alpha value is -2.23. The molecule has 0 aliphatic rings. The van der Waals surface area contributed by atoms with E-state index in [0.29, 0.717) is 5.95 Å². The normalized spacial score (nSPS) is 11.6. The van der Waals surface area contributed by atoms with Crippen molar-refractivity contribution in [3.05, 3.63) is 52.8 Å². The van der Waals surface area contributed by atoms with Gasteiger partial charge in [0.25, 0.3) is 0 Å². The fourth-order valence-electron chi connectivity index (χ4n) is 2.66. The monoisotopic (exact) mass is 338 g/mol. The van der Waals surface area contributed by atoms with Crippen molar-refractivity contribution in [2.75, 3.05) is 5.43 Å². The first-order valence-electron chi connectivity index (χ1n) is 9.42. The minimum Gasteiger partial charge on any atom is -0.245 e. The number of nitrogens with one attached hydrogen (secondary N) is 1. The molecule has 25 heavy (non-hydrogen) atoms. The Morgan fingerprint density at radius 2 is 1.68 bits per heavy atom. The third-order valence-electron chi connectivity index (χ3n) is 4.21. The maximum Gasteiger partial charge on any atom is 0.243 e. The highest BCUT2D eigenvalue weighted by Crippen LogP contribution is 2.11. The third kappa shape index (κ3) is 5.96. The summed E-state index contributed by atoms with van der Waals surface area (Å²) in [7, 11) is 0. The molecule has 1 heterocycles. The Kier molecular flexibility index (Phi) is 7.58. The molecule has 0 saturated carbocycles. The molecule has 0 spiro atoms. The van der Waals surface area contributed by atoms with E-state index < -0.39 is 0 Å². The van der Waals surface area contributed by atoms with Gasteiger partial charge < -0.3 is 0 Å². The summed E-state index contributed by atoms with van der Waals surface area (Å²) in [5.74, 6) is 0.585. The van der Waals surface area contributed by atoms with E-state index in [1.165, 1.54) is 18.4 Å². The van der Waals surface area contributed by atoms with E-state index in [0.717, 1.165) is 48.3 Å². The van der Waals surface area contributed by atoms with Crippen LogP contribution in [0.4, 0.5) is 5.95 Å². The summed E-state index contributed by atoms with van der Waals surface area (Å²) in [6.07, 6.45) is 6.54. The van der Waals surface area contributed by atoms with Crippen LogP contribution in [0.25, 0.3) is 0 Å². The third-order valence-corrected chi connectivity index (χ3v) is 4.21. The SMILES string of the molecule is CCCCc1ccc(C(C)=NNc2nc(CC)cc(CCC)n2)cc1. The second kappa shape index (κ2) is 9.92. The van der Waals surface area contributed by atoms with E-state index in [1.54, 1.807) is 0 Å². The maximum atomic E-state index is 4.56. The molecule has 0 bridgehead atoms. The molecule has 134 valence electrons. The summed E-state index contributed by atoms with van der Waals surface area (Å²) < 4.78 is 0. The van der Waals surface area contributed by atoms with Gasteiger partial charge >= 0.3 is 0 Å². The standard InChI is InChI=1S/C21H30N4/c1-5-8-10-17-11-13-18(14-12-17)16(4)24-25-21-22-19(7-3)15-20(23-21)9-6-2/h11-15H,5-10H2,1-4H3,(H,22,23,25). The van der Waals surface area contributed by atoms with Gasteiger partial charge in [0.05, 0.1) is 5.71 Å². The van der Waals surface area contributed by atoms with E-state index in [4.69, 9.17) is 0 Å². The molecule has 4 heteroatoms. The summed E-state index contributed by atoms with van der Waals surface area (Å²) in [5, 5.41) is 4.47. The van der Waals surface area contributed by atoms with Gasteiger partial charge in [0.1, 0.15) is 0 Å². The summed E-state index contributed by atoms with van der Waals surface area (Å²) >= 11 is 0. The lowest BCUT2D eigenvalue weighted by Gasteiger charge is -2.07. The summed E-state index contributed by atoms with van der Waals surface area (Å²) in [5.41, 5.74) is 8.59. The van der Waals surface area contributed by atoms with Gasteiger partial charge in [-0.3, -0.25) is 0 Å². The average Bonchev–Trinajstić information content (AvgIpc) is 2.65. The Morgan fingerprint density at radius 3 is 2.32 bits per heavy atom. The molecule has 0 unspecified atom stereocenters. The number of benzene rings is 1. The van der Waals surface area contributed by atoms with Gasteiger partial charge in [-0.05, 0) is 49.8 Å². The van der Waals surface area contributed by atoms with E-state index in [9.17, 15) is 0 Å². The smallest absolute Gasteiger partial charge is 0.243 e. The molecule has 0 amide bonds. The molecule has 2 rings (SSSR count). The lowest BCUT2D eigenvalue weighted by molar-refractivity contribution is 0.795. The van der Waals surface area contributed by atoms with Gasteiger partial charge in [0.15, 0.2) is 0 Å². The molecule has 1 aromatic heterocycles. The number of rotatable bonds is 9. The minimum atomic E-state index is 0.585. The van der Waals surface area contributed by atoms with Gasteiger partial charge in [0, 0.05) is 11.4 Å². The number of hydrogen-bond acceptors (Lipinski definition) is 4. The number of aromatic nitrogens is 2. The van der Waals surface area contributed by atoms with Crippen LogP contribution in [-0.4, -0.2) is 15.7 Å². The maximum absolute atomic E-state index is 4.56. The summed E-state index contributed by atoms with van der Waals surface area (Å²) in [6, 6.07) is 10.7. The lowest BCUT2D eigenvalue weighted by Crippen LogP contribution is -2.06. The van der Waals surface area contributed by atoms with Crippen molar-refractivity contribution in [3.8, 4) is 0 Å². The van der Waals surface area contributed by atoms with Gasteiger partial charge in [-0.2, -0.15) is 5.10 Å². The van der Waals surface area contributed by atoms with Gasteiger partial charge in [-0.15, -0.1) is 0 Å². The quantitative estimate of drug-likeness (QED) is 0.507. The van der Waals surface area contributed by atoms with Crippen molar-refractivity contribution in [1.29, 1.82) is 0 Å². The molecule has 1 N–H and O–H groups in total. The Morgan fingerprint density at radius 1 is 0.960 bits per heavy atom.